The summed E-state index contributed by atoms with van der Waals surface area (Å²) < 4.78 is 0. The molecule has 2 aromatic rings. The fourth-order valence-electron chi connectivity index (χ4n) is 1.78. The lowest BCUT2D eigenvalue weighted by Crippen LogP contribution is -2.12. The molecule has 19 heavy (non-hydrogen) atoms. The number of carbonyl (C=O) groups excluding carboxylic acids is 2. The minimum Gasteiger partial charge on any atom is -0.365 e. The van der Waals surface area contributed by atoms with Crippen molar-refractivity contribution in [1.29, 1.82) is 0 Å². The average molecular weight is 274 g/mol. The van der Waals surface area contributed by atoms with Gasteiger partial charge in [0.25, 0.3) is 11.8 Å². The maximum Gasteiger partial charge on any atom is 0.265 e. The predicted molar refractivity (Wildman–Crippen MR) is 76.7 cm³/mol. The van der Waals surface area contributed by atoms with Crippen LogP contribution in [0.5, 0.6) is 0 Å². The van der Waals surface area contributed by atoms with E-state index in [9.17, 15) is 9.59 Å². The zero-order valence-electron chi connectivity index (χ0n) is 10.7. The van der Waals surface area contributed by atoms with Gasteiger partial charge in [-0.1, -0.05) is 18.2 Å². The van der Waals surface area contributed by atoms with E-state index in [2.05, 4.69) is 5.32 Å². The highest BCUT2D eigenvalue weighted by Gasteiger charge is 2.13. The van der Waals surface area contributed by atoms with Crippen LogP contribution < -0.4 is 11.1 Å². The molecular formula is C14H14N2O2S. The highest BCUT2D eigenvalue weighted by atomic mass is 32.1. The number of aryl methyl sites for hydroxylation is 2. The van der Waals surface area contributed by atoms with Gasteiger partial charge >= 0.3 is 0 Å². The molecule has 98 valence electrons. The smallest absolute Gasteiger partial charge is 0.265 e. The van der Waals surface area contributed by atoms with Crippen molar-refractivity contribution >= 4 is 28.8 Å². The topological polar surface area (TPSA) is 72.2 Å². The molecule has 2 amide bonds. The molecule has 1 aromatic heterocycles. The summed E-state index contributed by atoms with van der Waals surface area (Å²) in [4.78, 5) is 24.0. The number of para-hydroxylation sites is 1. The van der Waals surface area contributed by atoms with Crippen molar-refractivity contribution in [2.24, 2.45) is 5.73 Å². The molecule has 0 aliphatic heterocycles. The van der Waals surface area contributed by atoms with Gasteiger partial charge in [0, 0.05) is 5.69 Å². The number of primary amides is 1. The Balaban J connectivity index is 2.23. The molecule has 0 unspecified atom stereocenters. The van der Waals surface area contributed by atoms with E-state index in [1.165, 1.54) is 0 Å². The fraction of sp³-hybridized carbons (Fsp3) is 0.143. The first kappa shape index (κ1) is 13.3. The first-order valence-electron chi connectivity index (χ1n) is 5.76. The number of nitrogens with one attached hydrogen (secondary N) is 1. The van der Waals surface area contributed by atoms with Gasteiger partial charge in [-0.05, 0) is 37.1 Å². The van der Waals surface area contributed by atoms with Crippen molar-refractivity contribution in [3.63, 3.8) is 0 Å². The Morgan fingerprint density at radius 1 is 1.05 bits per heavy atom. The summed E-state index contributed by atoms with van der Waals surface area (Å²) in [5.74, 6) is -0.744. The molecule has 0 saturated heterocycles. The Morgan fingerprint density at radius 3 is 2.16 bits per heavy atom. The molecule has 0 atom stereocenters. The van der Waals surface area contributed by atoms with Gasteiger partial charge in [-0.2, -0.15) is 0 Å². The van der Waals surface area contributed by atoms with Gasteiger partial charge in [-0.3, -0.25) is 9.59 Å². The van der Waals surface area contributed by atoms with Crippen LogP contribution in [0.25, 0.3) is 0 Å². The van der Waals surface area contributed by atoms with Crippen molar-refractivity contribution in [2.75, 3.05) is 5.32 Å². The summed E-state index contributed by atoms with van der Waals surface area (Å²) in [6.45, 7) is 3.87. The predicted octanol–water partition coefficient (Wildman–Crippen LogP) is 2.72. The molecule has 0 saturated carbocycles. The lowest BCUT2D eigenvalue weighted by molar-refractivity contribution is 0.100. The fourth-order valence-corrected chi connectivity index (χ4v) is 2.53. The second-order valence-electron chi connectivity index (χ2n) is 4.25. The van der Waals surface area contributed by atoms with Crippen LogP contribution in [-0.2, 0) is 0 Å². The number of benzene rings is 1. The first-order chi connectivity index (χ1) is 8.99. The summed E-state index contributed by atoms with van der Waals surface area (Å²) in [5, 5.41) is 2.87. The lowest BCUT2D eigenvalue weighted by atomic mass is 10.1. The van der Waals surface area contributed by atoms with Gasteiger partial charge in [-0.15, -0.1) is 11.3 Å². The minimum atomic E-state index is -0.517. The van der Waals surface area contributed by atoms with Crippen molar-refractivity contribution in [1.82, 2.24) is 0 Å². The normalized spacial score (nSPS) is 10.2. The second-order valence-corrected chi connectivity index (χ2v) is 5.33. The SMILES string of the molecule is Cc1cccc(C)c1NC(=O)c1ccc(C(N)=O)s1. The Hall–Kier alpha value is -2.14. The summed E-state index contributed by atoms with van der Waals surface area (Å²) in [7, 11) is 0. The summed E-state index contributed by atoms with van der Waals surface area (Å²) >= 11 is 1.09. The van der Waals surface area contributed by atoms with E-state index >= 15 is 0 Å². The van der Waals surface area contributed by atoms with Crippen molar-refractivity contribution in [3.05, 3.63) is 51.2 Å². The van der Waals surface area contributed by atoms with E-state index in [1.54, 1.807) is 12.1 Å². The molecule has 0 fully saturated rings. The Bertz CT molecular complexity index is 626. The third kappa shape index (κ3) is 2.82. The molecule has 1 heterocycles. The number of amides is 2. The quantitative estimate of drug-likeness (QED) is 0.903. The maximum absolute atomic E-state index is 12.1. The molecule has 3 N–H and O–H groups in total. The van der Waals surface area contributed by atoms with Gasteiger partial charge < -0.3 is 11.1 Å². The Labute approximate surface area is 115 Å². The summed E-state index contributed by atoms with van der Waals surface area (Å²) in [6, 6.07) is 8.98. The number of carbonyl (C=O) groups is 2. The van der Waals surface area contributed by atoms with E-state index < -0.39 is 5.91 Å². The van der Waals surface area contributed by atoms with Gasteiger partial charge in [0.1, 0.15) is 0 Å². The summed E-state index contributed by atoms with van der Waals surface area (Å²) in [6.07, 6.45) is 0. The van der Waals surface area contributed by atoms with E-state index in [-0.39, 0.29) is 5.91 Å². The van der Waals surface area contributed by atoms with Crippen molar-refractivity contribution in [3.8, 4) is 0 Å². The number of thiophene rings is 1. The second kappa shape index (κ2) is 5.24. The van der Waals surface area contributed by atoms with E-state index in [0.29, 0.717) is 9.75 Å². The molecule has 0 aliphatic rings. The summed E-state index contributed by atoms with van der Waals surface area (Å²) in [5.41, 5.74) is 7.97. The van der Waals surface area contributed by atoms with Gasteiger partial charge in [0.05, 0.1) is 9.75 Å². The van der Waals surface area contributed by atoms with Crippen LogP contribution in [0.2, 0.25) is 0 Å². The average Bonchev–Trinajstić information content (AvgIpc) is 2.83. The highest BCUT2D eigenvalue weighted by molar-refractivity contribution is 7.16. The van der Waals surface area contributed by atoms with Crippen LogP contribution in [-0.4, -0.2) is 11.8 Å². The van der Waals surface area contributed by atoms with Crippen LogP contribution in [0.1, 0.15) is 30.5 Å². The zero-order valence-corrected chi connectivity index (χ0v) is 11.5. The zero-order chi connectivity index (χ0) is 14.0. The third-order valence-electron chi connectivity index (χ3n) is 2.79. The molecule has 2 rings (SSSR count). The largest absolute Gasteiger partial charge is 0.365 e. The van der Waals surface area contributed by atoms with Crippen molar-refractivity contribution < 1.29 is 9.59 Å². The van der Waals surface area contributed by atoms with Gasteiger partial charge in [0.15, 0.2) is 0 Å². The van der Waals surface area contributed by atoms with Gasteiger partial charge in [0.2, 0.25) is 0 Å². The molecule has 0 bridgehead atoms. The number of nitrogens with two attached hydrogens (primary N) is 1. The monoisotopic (exact) mass is 274 g/mol. The lowest BCUT2D eigenvalue weighted by Gasteiger charge is -2.10. The molecule has 0 radical (unpaired) electrons. The molecule has 0 aliphatic carbocycles. The molecule has 1 aromatic carbocycles. The number of hydrogen-bond acceptors (Lipinski definition) is 3. The standard InChI is InChI=1S/C14H14N2O2S/c1-8-4-3-5-9(2)12(8)16-14(18)11-7-6-10(19-11)13(15)17/h3-7H,1-2H3,(H2,15,17)(H,16,18). The third-order valence-corrected chi connectivity index (χ3v) is 3.89. The first-order valence-corrected chi connectivity index (χ1v) is 6.58. The maximum atomic E-state index is 12.1. The van der Waals surface area contributed by atoms with Crippen LogP contribution >= 0.6 is 11.3 Å². The van der Waals surface area contributed by atoms with E-state index in [1.807, 2.05) is 32.0 Å². The van der Waals surface area contributed by atoms with Gasteiger partial charge in [-0.25, -0.2) is 0 Å². The Morgan fingerprint density at radius 2 is 1.63 bits per heavy atom. The number of anilines is 1. The van der Waals surface area contributed by atoms with E-state index in [0.717, 1.165) is 28.2 Å². The van der Waals surface area contributed by atoms with E-state index in [4.69, 9.17) is 5.73 Å². The highest BCUT2D eigenvalue weighted by Crippen LogP contribution is 2.22. The molecule has 0 spiro atoms. The molecular weight excluding hydrogens is 260 g/mol. The number of rotatable bonds is 3. The number of hydrogen-bond donors (Lipinski definition) is 2. The van der Waals surface area contributed by atoms with Crippen LogP contribution in [0.4, 0.5) is 5.69 Å². The molecule has 4 nitrogen and oxygen atoms in total. The van der Waals surface area contributed by atoms with Crippen LogP contribution in [0.3, 0.4) is 0 Å². The van der Waals surface area contributed by atoms with Crippen molar-refractivity contribution in [2.45, 2.75) is 13.8 Å². The minimum absolute atomic E-state index is 0.227. The molecule has 5 heteroatoms. The van der Waals surface area contributed by atoms with Crippen LogP contribution in [0.15, 0.2) is 30.3 Å². The Kier molecular flexibility index (Phi) is 3.66. The van der Waals surface area contributed by atoms with Crippen LogP contribution in [0, 0.1) is 13.8 Å².